The van der Waals surface area contributed by atoms with Crippen molar-refractivity contribution in [2.45, 2.75) is 25.3 Å². The number of amides is 1. The molecule has 0 saturated heterocycles. The van der Waals surface area contributed by atoms with Crippen molar-refractivity contribution in [3.05, 3.63) is 83.8 Å². The summed E-state index contributed by atoms with van der Waals surface area (Å²) in [5.74, 6) is 1.58. The molecule has 0 unspecified atom stereocenters. The SMILES string of the molecule is O=C(NCCCc1ccccn1)c1ccc(N[C@H]2COc3ccccc3C2)nc1. The Bertz CT molecular complexity index is 945. The number of aryl methyl sites for hydroxylation is 1. The summed E-state index contributed by atoms with van der Waals surface area (Å²) in [6.45, 7) is 1.20. The van der Waals surface area contributed by atoms with Gasteiger partial charge in [0.1, 0.15) is 18.2 Å². The van der Waals surface area contributed by atoms with Crippen LogP contribution < -0.4 is 15.4 Å². The smallest absolute Gasteiger partial charge is 0.252 e. The molecule has 6 nitrogen and oxygen atoms in total. The molecule has 0 spiro atoms. The predicted molar refractivity (Wildman–Crippen MR) is 112 cm³/mol. The van der Waals surface area contributed by atoms with E-state index in [1.54, 1.807) is 18.5 Å². The maximum atomic E-state index is 12.3. The summed E-state index contributed by atoms with van der Waals surface area (Å²) in [4.78, 5) is 21.0. The molecule has 4 rings (SSSR count). The molecule has 6 heteroatoms. The molecule has 1 amide bonds. The second-order valence-corrected chi connectivity index (χ2v) is 7.08. The molecule has 0 aliphatic carbocycles. The van der Waals surface area contributed by atoms with E-state index in [2.05, 4.69) is 26.7 Å². The van der Waals surface area contributed by atoms with Gasteiger partial charge in [-0.2, -0.15) is 0 Å². The number of para-hydroxylation sites is 1. The fourth-order valence-corrected chi connectivity index (χ4v) is 3.36. The molecule has 2 aromatic heterocycles. The van der Waals surface area contributed by atoms with Crippen LogP contribution in [0.1, 0.15) is 28.0 Å². The number of anilines is 1. The van der Waals surface area contributed by atoms with Crippen molar-refractivity contribution in [1.82, 2.24) is 15.3 Å². The van der Waals surface area contributed by atoms with Gasteiger partial charge in [-0.05, 0) is 55.2 Å². The molecule has 148 valence electrons. The Morgan fingerprint density at radius 1 is 1.07 bits per heavy atom. The van der Waals surface area contributed by atoms with E-state index >= 15 is 0 Å². The highest BCUT2D eigenvalue weighted by molar-refractivity contribution is 5.94. The molecule has 29 heavy (non-hydrogen) atoms. The minimum Gasteiger partial charge on any atom is -0.491 e. The van der Waals surface area contributed by atoms with E-state index in [9.17, 15) is 4.79 Å². The van der Waals surface area contributed by atoms with Crippen LogP contribution in [0.25, 0.3) is 0 Å². The van der Waals surface area contributed by atoms with E-state index in [1.165, 1.54) is 5.56 Å². The van der Waals surface area contributed by atoms with Gasteiger partial charge >= 0.3 is 0 Å². The maximum Gasteiger partial charge on any atom is 0.252 e. The highest BCUT2D eigenvalue weighted by Crippen LogP contribution is 2.25. The highest BCUT2D eigenvalue weighted by atomic mass is 16.5. The first-order chi connectivity index (χ1) is 14.3. The van der Waals surface area contributed by atoms with E-state index in [1.807, 2.05) is 42.5 Å². The predicted octanol–water partition coefficient (Wildman–Crippen LogP) is 3.25. The number of carbonyl (C=O) groups excluding carboxylic acids is 1. The van der Waals surface area contributed by atoms with Gasteiger partial charge in [0.15, 0.2) is 0 Å². The zero-order valence-corrected chi connectivity index (χ0v) is 16.2. The number of aromatic nitrogens is 2. The Hall–Kier alpha value is -3.41. The van der Waals surface area contributed by atoms with Crippen LogP contribution in [-0.2, 0) is 12.8 Å². The number of rotatable bonds is 7. The second kappa shape index (κ2) is 9.19. The van der Waals surface area contributed by atoms with Crippen LogP contribution in [0.4, 0.5) is 5.82 Å². The van der Waals surface area contributed by atoms with Crippen molar-refractivity contribution in [1.29, 1.82) is 0 Å². The summed E-state index contributed by atoms with van der Waals surface area (Å²) in [6.07, 6.45) is 5.96. The summed E-state index contributed by atoms with van der Waals surface area (Å²) in [6, 6.07) is 17.7. The molecule has 1 aromatic carbocycles. The second-order valence-electron chi connectivity index (χ2n) is 7.08. The standard InChI is InChI=1S/C23H24N4O2/c28-23(25-13-5-8-19-7-3-4-12-24-19)18-10-11-22(26-15-18)27-20-14-17-6-1-2-9-21(17)29-16-20/h1-4,6-7,9-12,15,20H,5,8,13-14,16H2,(H,25,28)(H,26,27)/t20-/m1/s1. The van der Waals surface area contributed by atoms with Gasteiger partial charge < -0.3 is 15.4 Å². The third kappa shape index (κ3) is 5.10. The Kier molecular flexibility index (Phi) is 6.00. The van der Waals surface area contributed by atoms with Gasteiger partial charge in [-0.3, -0.25) is 9.78 Å². The molecule has 2 N–H and O–H groups in total. The minimum atomic E-state index is -0.111. The first-order valence-electron chi connectivity index (χ1n) is 9.89. The van der Waals surface area contributed by atoms with E-state index in [-0.39, 0.29) is 11.9 Å². The Balaban J connectivity index is 1.24. The van der Waals surface area contributed by atoms with Crippen molar-refractivity contribution in [2.24, 2.45) is 0 Å². The molecule has 0 fully saturated rings. The minimum absolute atomic E-state index is 0.111. The third-order valence-electron chi connectivity index (χ3n) is 4.88. The normalized spacial score (nSPS) is 15.1. The topological polar surface area (TPSA) is 76.1 Å². The number of ether oxygens (including phenoxy) is 1. The lowest BCUT2D eigenvalue weighted by molar-refractivity contribution is 0.0953. The highest BCUT2D eigenvalue weighted by Gasteiger charge is 2.19. The fraction of sp³-hybridized carbons (Fsp3) is 0.261. The summed E-state index contributed by atoms with van der Waals surface area (Å²) in [5, 5.41) is 6.32. The number of nitrogens with zero attached hydrogens (tertiary/aromatic N) is 2. The first-order valence-corrected chi connectivity index (χ1v) is 9.89. The van der Waals surface area contributed by atoms with Crippen molar-refractivity contribution in [3.63, 3.8) is 0 Å². The average molecular weight is 388 g/mol. The molecular weight excluding hydrogens is 364 g/mol. The van der Waals surface area contributed by atoms with Crippen molar-refractivity contribution in [2.75, 3.05) is 18.5 Å². The van der Waals surface area contributed by atoms with E-state index < -0.39 is 0 Å². The Labute approximate surface area is 170 Å². The van der Waals surface area contributed by atoms with Gasteiger partial charge in [-0.25, -0.2) is 4.98 Å². The van der Waals surface area contributed by atoms with Gasteiger partial charge in [-0.1, -0.05) is 24.3 Å². The monoisotopic (exact) mass is 388 g/mol. The van der Waals surface area contributed by atoms with Crippen LogP contribution in [0.5, 0.6) is 5.75 Å². The summed E-state index contributed by atoms with van der Waals surface area (Å²) in [5.41, 5.74) is 2.78. The first kappa shape index (κ1) is 18.9. The van der Waals surface area contributed by atoms with Crippen LogP contribution in [0, 0.1) is 0 Å². The van der Waals surface area contributed by atoms with Gasteiger partial charge in [0.05, 0.1) is 11.6 Å². The molecule has 0 bridgehead atoms. The van der Waals surface area contributed by atoms with E-state index in [4.69, 9.17) is 4.74 Å². The number of hydrogen-bond acceptors (Lipinski definition) is 5. The summed E-state index contributed by atoms with van der Waals surface area (Å²) in [7, 11) is 0. The molecule has 0 radical (unpaired) electrons. The molecule has 1 atom stereocenters. The van der Waals surface area contributed by atoms with Crippen LogP contribution in [-0.4, -0.2) is 35.1 Å². The molecular formula is C23H24N4O2. The quantitative estimate of drug-likeness (QED) is 0.608. The number of fused-ring (bicyclic) bond motifs is 1. The summed E-state index contributed by atoms with van der Waals surface area (Å²) >= 11 is 0. The Morgan fingerprint density at radius 2 is 1.97 bits per heavy atom. The molecule has 3 aromatic rings. The van der Waals surface area contributed by atoms with Gasteiger partial charge in [-0.15, -0.1) is 0 Å². The van der Waals surface area contributed by atoms with Crippen LogP contribution in [0.15, 0.2) is 67.0 Å². The third-order valence-corrected chi connectivity index (χ3v) is 4.88. The number of hydrogen-bond donors (Lipinski definition) is 2. The molecule has 0 saturated carbocycles. The van der Waals surface area contributed by atoms with Crippen molar-refractivity contribution >= 4 is 11.7 Å². The van der Waals surface area contributed by atoms with Crippen LogP contribution in [0.3, 0.4) is 0 Å². The van der Waals surface area contributed by atoms with Crippen molar-refractivity contribution in [3.8, 4) is 5.75 Å². The molecule has 3 heterocycles. The number of carbonyl (C=O) groups is 1. The Morgan fingerprint density at radius 3 is 2.79 bits per heavy atom. The average Bonchev–Trinajstić information content (AvgIpc) is 2.78. The van der Waals surface area contributed by atoms with Crippen LogP contribution >= 0.6 is 0 Å². The lowest BCUT2D eigenvalue weighted by atomic mass is 10.0. The van der Waals surface area contributed by atoms with E-state index in [0.29, 0.717) is 18.7 Å². The van der Waals surface area contributed by atoms with Crippen LogP contribution in [0.2, 0.25) is 0 Å². The lowest BCUT2D eigenvalue weighted by Gasteiger charge is -2.26. The molecule has 1 aliphatic heterocycles. The number of nitrogens with one attached hydrogen (secondary N) is 2. The largest absolute Gasteiger partial charge is 0.491 e. The summed E-state index contributed by atoms with van der Waals surface area (Å²) < 4.78 is 5.80. The van der Waals surface area contributed by atoms with Crippen molar-refractivity contribution < 1.29 is 9.53 Å². The zero-order chi connectivity index (χ0) is 19.9. The van der Waals surface area contributed by atoms with Gasteiger partial charge in [0, 0.05) is 24.6 Å². The number of pyridine rings is 2. The van der Waals surface area contributed by atoms with Gasteiger partial charge in [0.2, 0.25) is 0 Å². The van der Waals surface area contributed by atoms with Gasteiger partial charge in [0.25, 0.3) is 5.91 Å². The molecule has 1 aliphatic rings. The lowest BCUT2D eigenvalue weighted by Crippen LogP contribution is -2.33. The maximum absolute atomic E-state index is 12.3. The number of benzene rings is 1. The fourth-order valence-electron chi connectivity index (χ4n) is 3.36. The van der Waals surface area contributed by atoms with E-state index in [0.717, 1.165) is 36.5 Å². The zero-order valence-electron chi connectivity index (χ0n) is 16.2.